The summed E-state index contributed by atoms with van der Waals surface area (Å²) in [6, 6.07) is 11.1. The van der Waals surface area contributed by atoms with Crippen LogP contribution in [0.15, 0.2) is 42.5 Å². The third-order valence-electron chi connectivity index (χ3n) is 5.10. The summed E-state index contributed by atoms with van der Waals surface area (Å²) in [6.45, 7) is 0.395. The lowest BCUT2D eigenvalue weighted by atomic mass is 9.97. The molecule has 0 aliphatic carbocycles. The molecule has 33 heavy (non-hydrogen) atoms. The van der Waals surface area contributed by atoms with Crippen molar-refractivity contribution in [1.82, 2.24) is 4.90 Å². The van der Waals surface area contributed by atoms with Gasteiger partial charge in [0.25, 0.3) is 10.8 Å². The summed E-state index contributed by atoms with van der Waals surface area (Å²) in [5.74, 6) is -1.95. The number of carbonyl (C=O) groups excluding carboxylic acids is 2. The predicted molar refractivity (Wildman–Crippen MR) is 122 cm³/mol. The monoisotopic (exact) mass is 512 g/mol. The molecule has 3 rings (SSSR count). The molecule has 0 saturated carbocycles. The van der Waals surface area contributed by atoms with Crippen molar-refractivity contribution in [2.45, 2.75) is 30.2 Å². The van der Waals surface area contributed by atoms with Gasteiger partial charge in [-0.15, -0.1) is 0 Å². The average Bonchev–Trinajstić information content (AvgIpc) is 2.83. The van der Waals surface area contributed by atoms with Gasteiger partial charge in [0.15, 0.2) is 6.10 Å². The van der Waals surface area contributed by atoms with E-state index in [9.17, 15) is 19.2 Å². The van der Waals surface area contributed by atoms with Crippen molar-refractivity contribution in [3.8, 4) is 17.6 Å². The van der Waals surface area contributed by atoms with Crippen LogP contribution in [0.2, 0.25) is 10.0 Å². The van der Waals surface area contributed by atoms with E-state index in [0.717, 1.165) is 31.4 Å². The fourth-order valence-electron chi connectivity index (χ4n) is 3.34. The Morgan fingerprint density at radius 2 is 1.79 bits per heavy atom. The lowest BCUT2D eigenvalue weighted by Gasteiger charge is -2.32. The predicted octanol–water partition coefficient (Wildman–Crippen LogP) is 5.04. The largest absolute Gasteiger partial charge is 0.488 e. The van der Waals surface area contributed by atoms with Crippen molar-refractivity contribution in [3.63, 3.8) is 0 Å². The van der Waals surface area contributed by atoms with E-state index in [1.807, 2.05) is 0 Å². The second kappa shape index (κ2) is 11.1. The van der Waals surface area contributed by atoms with Crippen LogP contribution in [0.25, 0.3) is 0 Å². The van der Waals surface area contributed by atoms with Crippen molar-refractivity contribution in [3.05, 3.63) is 58.3 Å². The van der Waals surface area contributed by atoms with Crippen molar-refractivity contribution in [1.29, 1.82) is 5.26 Å². The third-order valence-corrected chi connectivity index (χ3v) is 6.06. The molecule has 0 spiro atoms. The van der Waals surface area contributed by atoms with E-state index < -0.39 is 35.1 Å². The minimum Gasteiger partial charge on any atom is -0.488 e. The summed E-state index contributed by atoms with van der Waals surface area (Å²) in [5.41, 5.74) is 0. The number of Topliss-reactive ketones (excluding diaryl/α,β-unsaturated/α-hetero) is 1. The fraction of sp³-hybridized carbons (Fsp3) is 0.348. The number of rotatable bonds is 8. The highest BCUT2D eigenvalue weighted by molar-refractivity contribution is 6.49. The SMILES string of the molecule is N#CC(Cl)(C(=O)C(COc1ccc(Cl)cc1Cl)Oc1ccc(F)cc1)C(=O)N1CCCCC1. The Balaban J connectivity index is 1.86. The van der Waals surface area contributed by atoms with E-state index in [4.69, 9.17) is 44.3 Å². The molecule has 10 heteroatoms. The van der Waals surface area contributed by atoms with Crippen LogP contribution >= 0.6 is 34.8 Å². The number of likely N-dealkylation sites (tertiary alicyclic amines) is 1. The number of carbonyl (C=O) groups is 2. The normalized spacial score (nSPS) is 16.3. The van der Waals surface area contributed by atoms with E-state index in [-0.39, 0.29) is 16.5 Å². The number of halogens is 4. The minimum absolute atomic E-state index is 0.128. The first-order valence-corrected chi connectivity index (χ1v) is 11.3. The van der Waals surface area contributed by atoms with Gasteiger partial charge in [-0.05, 0) is 61.7 Å². The molecule has 0 aromatic heterocycles. The first-order chi connectivity index (χ1) is 15.7. The zero-order chi connectivity index (χ0) is 24.0. The molecule has 1 aliphatic heterocycles. The van der Waals surface area contributed by atoms with E-state index >= 15 is 0 Å². The Morgan fingerprint density at radius 1 is 1.12 bits per heavy atom. The van der Waals surface area contributed by atoms with Gasteiger partial charge in [0.05, 0.1) is 5.02 Å². The molecule has 174 valence electrons. The zero-order valence-corrected chi connectivity index (χ0v) is 19.7. The standard InChI is InChI=1S/C23H20Cl3FN2O4/c24-15-4-9-19(18(25)12-15)32-13-20(33-17-7-5-16(27)6-8-17)21(30)23(26,14-28)22(31)29-10-2-1-3-11-29/h4-9,12,20H,1-3,10-11,13H2. The van der Waals surface area contributed by atoms with Crippen LogP contribution in [0.3, 0.4) is 0 Å². The Kier molecular flexibility index (Phi) is 8.41. The average molecular weight is 514 g/mol. The Morgan fingerprint density at radius 3 is 2.39 bits per heavy atom. The number of hydrogen-bond donors (Lipinski definition) is 0. The summed E-state index contributed by atoms with van der Waals surface area (Å²) >= 11 is 18.4. The van der Waals surface area contributed by atoms with Crippen LogP contribution in [0.4, 0.5) is 4.39 Å². The van der Waals surface area contributed by atoms with Crippen LogP contribution in [0.1, 0.15) is 19.3 Å². The summed E-state index contributed by atoms with van der Waals surface area (Å²) in [6.07, 6.45) is 0.997. The van der Waals surface area contributed by atoms with Crippen LogP contribution in [0, 0.1) is 17.1 Å². The molecule has 6 nitrogen and oxygen atoms in total. The molecule has 0 bridgehead atoms. The molecule has 1 saturated heterocycles. The highest BCUT2D eigenvalue weighted by Gasteiger charge is 2.51. The van der Waals surface area contributed by atoms with Gasteiger partial charge in [-0.25, -0.2) is 4.39 Å². The van der Waals surface area contributed by atoms with Crippen molar-refractivity contribution in [2.24, 2.45) is 0 Å². The summed E-state index contributed by atoms with van der Waals surface area (Å²) in [4.78, 5) is 25.3. The van der Waals surface area contributed by atoms with E-state index in [1.165, 1.54) is 29.2 Å². The van der Waals surface area contributed by atoms with Crippen LogP contribution < -0.4 is 9.47 Å². The lowest BCUT2D eigenvalue weighted by Crippen LogP contribution is -2.56. The molecule has 0 N–H and O–H groups in total. The molecule has 0 radical (unpaired) electrons. The molecule has 1 fully saturated rings. The topological polar surface area (TPSA) is 79.6 Å². The number of nitrogens with zero attached hydrogens (tertiary/aromatic N) is 2. The van der Waals surface area contributed by atoms with E-state index in [0.29, 0.717) is 18.1 Å². The highest BCUT2D eigenvalue weighted by Crippen LogP contribution is 2.29. The van der Waals surface area contributed by atoms with Gasteiger partial charge in [0.1, 0.15) is 30.0 Å². The van der Waals surface area contributed by atoms with Crippen molar-refractivity contribution in [2.75, 3.05) is 19.7 Å². The van der Waals surface area contributed by atoms with E-state index in [1.54, 1.807) is 12.1 Å². The summed E-state index contributed by atoms with van der Waals surface area (Å²) in [7, 11) is 0. The fourth-order valence-corrected chi connectivity index (χ4v) is 4.05. The molecule has 2 aromatic rings. The molecular weight excluding hydrogens is 494 g/mol. The summed E-state index contributed by atoms with van der Waals surface area (Å²) in [5, 5.41) is 10.3. The number of ketones is 1. The maximum atomic E-state index is 13.4. The maximum absolute atomic E-state index is 13.4. The maximum Gasteiger partial charge on any atom is 0.270 e. The smallest absolute Gasteiger partial charge is 0.270 e. The molecule has 1 amide bonds. The molecule has 2 unspecified atom stereocenters. The molecule has 2 atom stereocenters. The quantitative estimate of drug-likeness (QED) is 0.365. The number of ether oxygens (including phenoxy) is 2. The second-order valence-electron chi connectivity index (χ2n) is 7.43. The number of nitriles is 1. The van der Waals surface area contributed by atoms with Gasteiger partial charge >= 0.3 is 0 Å². The van der Waals surface area contributed by atoms with E-state index in [2.05, 4.69) is 0 Å². The number of piperidine rings is 1. The first-order valence-electron chi connectivity index (χ1n) is 10.2. The van der Waals surface area contributed by atoms with Gasteiger partial charge in [-0.2, -0.15) is 5.26 Å². The molecule has 2 aromatic carbocycles. The van der Waals surface area contributed by atoms with Crippen LogP contribution in [-0.4, -0.2) is 47.3 Å². The Hall–Kier alpha value is -2.53. The number of benzene rings is 2. The van der Waals surface area contributed by atoms with Gasteiger partial charge in [0.2, 0.25) is 5.78 Å². The Bertz CT molecular complexity index is 1050. The first kappa shape index (κ1) is 25.1. The third kappa shape index (κ3) is 6.08. The molecule has 1 heterocycles. The minimum atomic E-state index is -2.50. The number of hydrogen-bond acceptors (Lipinski definition) is 5. The zero-order valence-electron chi connectivity index (χ0n) is 17.4. The number of alkyl halides is 1. The van der Waals surface area contributed by atoms with Crippen LogP contribution in [0.5, 0.6) is 11.5 Å². The lowest BCUT2D eigenvalue weighted by molar-refractivity contribution is -0.141. The summed E-state index contributed by atoms with van der Waals surface area (Å²) < 4.78 is 24.6. The van der Waals surface area contributed by atoms with Gasteiger partial charge in [-0.1, -0.05) is 34.8 Å². The van der Waals surface area contributed by atoms with Gasteiger partial charge < -0.3 is 14.4 Å². The Labute approximate surface area is 205 Å². The van der Waals surface area contributed by atoms with Crippen LogP contribution in [-0.2, 0) is 9.59 Å². The number of amides is 1. The second-order valence-corrected chi connectivity index (χ2v) is 8.84. The van der Waals surface area contributed by atoms with Gasteiger partial charge in [-0.3, -0.25) is 9.59 Å². The molecular formula is C23H20Cl3FN2O4. The van der Waals surface area contributed by atoms with Crippen molar-refractivity contribution < 1.29 is 23.5 Å². The van der Waals surface area contributed by atoms with Gasteiger partial charge in [0, 0.05) is 18.1 Å². The molecule has 1 aliphatic rings. The highest BCUT2D eigenvalue weighted by atomic mass is 35.5. The van der Waals surface area contributed by atoms with Crippen molar-refractivity contribution >= 4 is 46.5 Å².